The number of aryl methyl sites for hydroxylation is 1. The monoisotopic (exact) mass is 254 g/mol. The number of rotatable bonds is 2. The minimum Gasteiger partial charge on any atom is -0.368 e. The fourth-order valence-electron chi connectivity index (χ4n) is 1.37. The van der Waals surface area contributed by atoms with Gasteiger partial charge in [-0.2, -0.15) is 5.10 Å². The summed E-state index contributed by atoms with van der Waals surface area (Å²) < 4.78 is 39.8. The zero-order valence-electron chi connectivity index (χ0n) is 9.36. The maximum Gasteiger partial charge on any atom is 0.221 e. The summed E-state index contributed by atoms with van der Waals surface area (Å²) >= 11 is 0. The third-order valence-corrected chi connectivity index (χ3v) is 2.17. The Kier molecular flexibility index (Phi) is 3.05. The number of halogens is 3. The molecule has 0 unspecified atom stereocenters. The minimum atomic E-state index is -1.51. The van der Waals surface area contributed by atoms with Crippen LogP contribution in [0.15, 0.2) is 23.4 Å². The van der Waals surface area contributed by atoms with Crippen molar-refractivity contribution in [3.63, 3.8) is 0 Å². The standard InChI is InChI=1S/C11H9F3N4/c1-6-5-18(11(15)17-6)16-4-7-2-8(12)10(14)9(13)3-7/h2-5H,1H3,(H2,15,17). The van der Waals surface area contributed by atoms with Gasteiger partial charge in [-0.3, -0.25) is 0 Å². The van der Waals surface area contributed by atoms with Gasteiger partial charge in [0.05, 0.1) is 18.1 Å². The highest BCUT2D eigenvalue weighted by molar-refractivity contribution is 5.79. The van der Waals surface area contributed by atoms with E-state index < -0.39 is 17.5 Å². The first-order valence-corrected chi connectivity index (χ1v) is 4.97. The summed E-state index contributed by atoms with van der Waals surface area (Å²) in [5.74, 6) is -3.91. The van der Waals surface area contributed by atoms with E-state index in [4.69, 9.17) is 5.73 Å². The van der Waals surface area contributed by atoms with Crippen molar-refractivity contribution in [2.45, 2.75) is 6.92 Å². The van der Waals surface area contributed by atoms with E-state index in [2.05, 4.69) is 10.1 Å². The predicted molar refractivity (Wildman–Crippen MR) is 60.7 cm³/mol. The van der Waals surface area contributed by atoms with E-state index in [1.54, 1.807) is 13.1 Å². The first-order chi connectivity index (χ1) is 8.47. The molecule has 0 saturated heterocycles. The number of imidazole rings is 1. The van der Waals surface area contributed by atoms with Crippen molar-refractivity contribution in [3.8, 4) is 0 Å². The van der Waals surface area contributed by atoms with Crippen LogP contribution in [0, 0.1) is 24.4 Å². The summed E-state index contributed by atoms with van der Waals surface area (Å²) in [7, 11) is 0. The van der Waals surface area contributed by atoms with Crippen molar-refractivity contribution < 1.29 is 13.2 Å². The Morgan fingerprint density at radius 2 is 1.89 bits per heavy atom. The molecular formula is C11H9F3N4. The smallest absolute Gasteiger partial charge is 0.221 e. The van der Waals surface area contributed by atoms with Crippen LogP contribution in [0.2, 0.25) is 0 Å². The van der Waals surface area contributed by atoms with Gasteiger partial charge in [-0.1, -0.05) is 0 Å². The molecule has 0 fully saturated rings. The van der Waals surface area contributed by atoms with E-state index in [9.17, 15) is 13.2 Å². The normalized spacial score (nSPS) is 11.3. The van der Waals surface area contributed by atoms with E-state index in [0.29, 0.717) is 5.69 Å². The number of aromatic nitrogens is 2. The van der Waals surface area contributed by atoms with Gasteiger partial charge in [0.2, 0.25) is 5.95 Å². The molecule has 2 aromatic rings. The topological polar surface area (TPSA) is 56.2 Å². The van der Waals surface area contributed by atoms with E-state index in [1.807, 2.05) is 0 Å². The molecule has 0 radical (unpaired) electrons. The zero-order chi connectivity index (χ0) is 13.3. The fourth-order valence-corrected chi connectivity index (χ4v) is 1.37. The molecule has 4 nitrogen and oxygen atoms in total. The summed E-state index contributed by atoms with van der Waals surface area (Å²) in [6.07, 6.45) is 2.70. The third kappa shape index (κ3) is 2.34. The highest BCUT2D eigenvalue weighted by atomic mass is 19.2. The average molecular weight is 254 g/mol. The van der Waals surface area contributed by atoms with Crippen molar-refractivity contribution in [3.05, 3.63) is 47.0 Å². The van der Waals surface area contributed by atoms with Crippen LogP contribution in [-0.4, -0.2) is 15.9 Å². The highest BCUT2D eigenvalue weighted by Gasteiger charge is 2.09. The summed E-state index contributed by atoms with van der Waals surface area (Å²) in [4.78, 5) is 3.89. The molecule has 1 aromatic heterocycles. The van der Waals surface area contributed by atoms with Crippen LogP contribution in [0.4, 0.5) is 19.1 Å². The molecule has 0 aliphatic rings. The molecular weight excluding hydrogens is 245 g/mol. The number of nitrogens with zero attached hydrogens (tertiary/aromatic N) is 3. The molecule has 1 aromatic carbocycles. The second-order valence-corrected chi connectivity index (χ2v) is 3.63. The van der Waals surface area contributed by atoms with Gasteiger partial charge in [-0.05, 0) is 19.1 Å². The van der Waals surface area contributed by atoms with Gasteiger partial charge in [-0.15, -0.1) is 0 Å². The Morgan fingerprint density at radius 1 is 1.28 bits per heavy atom. The van der Waals surface area contributed by atoms with Crippen molar-refractivity contribution in [1.29, 1.82) is 0 Å². The van der Waals surface area contributed by atoms with E-state index >= 15 is 0 Å². The lowest BCUT2D eigenvalue weighted by Gasteiger charge is -1.98. The molecule has 0 amide bonds. The van der Waals surface area contributed by atoms with Crippen LogP contribution in [0.5, 0.6) is 0 Å². The number of nitrogens with two attached hydrogens (primary N) is 1. The van der Waals surface area contributed by atoms with E-state index in [0.717, 1.165) is 18.3 Å². The molecule has 1 heterocycles. The number of nitrogen functional groups attached to an aromatic ring is 1. The second-order valence-electron chi connectivity index (χ2n) is 3.63. The van der Waals surface area contributed by atoms with Gasteiger partial charge in [0.25, 0.3) is 0 Å². The fraction of sp³-hybridized carbons (Fsp3) is 0.0909. The summed E-state index contributed by atoms with van der Waals surface area (Å²) in [5.41, 5.74) is 6.25. The van der Waals surface area contributed by atoms with Crippen LogP contribution < -0.4 is 5.73 Å². The van der Waals surface area contributed by atoms with Crippen LogP contribution >= 0.6 is 0 Å². The molecule has 18 heavy (non-hydrogen) atoms. The number of anilines is 1. The largest absolute Gasteiger partial charge is 0.368 e. The summed E-state index contributed by atoms with van der Waals surface area (Å²) in [6, 6.07) is 1.67. The van der Waals surface area contributed by atoms with Gasteiger partial charge in [-0.25, -0.2) is 22.8 Å². The molecule has 0 aliphatic carbocycles. The van der Waals surface area contributed by atoms with Crippen molar-refractivity contribution in [1.82, 2.24) is 9.66 Å². The summed E-state index contributed by atoms with van der Waals surface area (Å²) in [5, 5.41) is 3.86. The van der Waals surface area contributed by atoms with E-state index in [1.165, 1.54) is 4.68 Å². The highest BCUT2D eigenvalue weighted by Crippen LogP contribution is 2.12. The van der Waals surface area contributed by atoms with Crippen LogP contribution in [0.1, 0.15) is 11.3 Å². The first-order valence-electron chi connectivity index (χ1n) is 4.97. The Labute approximate surface area is 101 Å². The number of hydrogen-bond acceptors (Lipinski definition) is 3. The third-order valence-electron chi connectivity index (χ3n) is 2.17. The molecule has 0 aliphatic heterocycles. The predicted octanol–water partition coefficient (Wildman–Crippen LogP) is 2.07. The lowest BCUT2D eigenvalue weighted by molar-refractivity contribution is 0.447. The Bertz CT molecular complexity index is 596. The van der Waals surface area contributed by atoms with Crippen LogP contribution in [0.25, 0.3) is 0 Å². The second kappa shape index (κ2) is 4.52. The van der Waals surface area contributed by atoms with Crippen molar-refractivity contribution in [2.75, 3.05) is 5.73 Å². The Morgan fingerprint density at radius 3 is 2.39 bits per heavy atom. The van der Waals surface area contributed by atoms with E-state index in [-0.39, 0.29) is 11.5 Å². The zero-order valence-corrected chi connectivity index (χ0v) is 9.36. The maximum absolute atomic E-state index is 12.9. The SMILES string of the molecule is Cc1cn(N=Cc2cc(F)c(F)c(F)c2)c(N)n1. The molecule has 94 valence electrons. The van der Waals surface area contributed by atoms with Gasteiger partial charge in [0.1, 0.15) is 0 Å². The first kappa shape index (κ1) is 12.2. The molecule has 0 atom stereocenters. The maximum atomic E-state index is 12.9. The Hall–Kier alpha value is -2.31. The van der Waals surface area contributed by atoms with Gasteiger partial charge < -0.3 is 5.73 Å². The minimum absolute atomic E-state index is 0.0807. The van der Waals surface area contributed by atoms with Gasteiger partial charge >= 0.3 is 0 Å². The lowest BCUT2D eigenvalue weighted by Crippen LogP contribution is -1.98. The average Bonchev–Trinajstić information content (AvgIpc) is 2.62. The summed E-state index contributed by atoms with van der Waals surface area (Å²) in [6.45, 7) is 1.72. The lowest BCUT2D eigenvalue weighted by atomic mass is 10.2. The van der Waals surface area contributed by atoms with Crippen LogP contribution in [0.3, 0.4) is 0 Å². The Balaban J connectivity index is 2.32. The molecule has 7 heteroatoms. The molecule has 2 rings (SSSR count). The number of benzene rings is 1. The molecule has 2 N–H and O–H groups in total. The van der Waals surface area contributed by atoms with Crippen LogP contribution in [-0.2, 0) is 0 Å². The van der Waals surface area contributed by atoms with Gasteiger partial charge in [0, 0.05) is 5.56 Å². The van der Waals surface area contributed by atoms with Gasteiger partial charge in [0.15, 0.2) is 17.5 Å². The molecule has 0 bridgehead atoms. The quantitative estimate of drug-likeness (QED) is 0.659. The molecule has 0 spiro atoms. The number of hydrogen-bond donors (Lipinski definition) is 1. The van der Waals surface area contributed by atoms with Crippen molar-refractivity contribution in [2.24, 2.45) is 5.10 Å². The molecule has 0 saturated carbocycles. The van der Waals surface area contributed by atoms with Crippen molar-refractivity contribution >= 4 is 12.2 Å².